The van der Waals surface area contributed by atoms with Gasteiger partial charge in [-0.2, -0.15) is 0 Å². The first kappa shape index (κ1) is 17.9. The molecule has 23 heavy (non-hydrogen) atoms. The van der Waals surface area contributed by atoms with Crippen LogP contribution in [0, 0.1) is 11.8 Å². The second-order valence-electron chi connectivity index (χ2n) is 6.21. The number of esters is 1. The molecule has 0 aromatic heterocycles. The number of rotatable bonds is 6. The minimum absolute atomic E-state index is 0.0867. The van der Waals surface area contributed by atoms with Gasteiger partial charge >= 0.3 is 5.97 Å². The third kappa shape index (κ3) is 3.42. The summed E-state index contributed by atoms with van der Waals surface area (Å²) >= 11 is 3.46. The van der Waals surface area contributed by atoms with Gasteiger partial charge in [0.2, 0.25) is 0 Å². The highest BCUT2D eigenvalue weighted by atomic mass is 79.9. The molecule has 2 rings (SSSR count). The van der Waals surface area contributed by atoms with Crippen LogP contribution in [0.3, 0.4) is 0 Å². The van der Waals surface area contributed by atoms with Gasteiger partial charge < -0.3 is 4.74 Å². The molecule has 1 fully saturated rings. The number of hydrogen-bond acceptors (Lipinski definition) is 3. The van der Waals surface area contributed by atoms with Gasteiger partial charge in [0.05, 0.1) is 7.11 Å². The molecule has 3 nitrogen and oxygen atoms in total. The van der Waals surface area contributed by atoms with E-state index >= 15 is 0 Å². The van der Waals surface area contributed by atoms with Crippen LogP contribution in [-0.2, 0) is 19.7 Å². The van der Waals surface area contributed by atoms with E-state index in [9.17, 15) is 9.59 Å². The molecule has 1 aliphatic carbocycles. The number of methoxy groups -OCH3 is 1. The summed E-state index contributed by atoms with van der Waals surface area (Å²) in [6.07, 6.45) is 4.61. The van der Waals surface area contributed by atoms with Gasteiger partial charge in [0.15, 0.2) is 0 Å². The fraction of sp³-hybridized carbons (Fsp3) is 0.474. The number of allylic oxidation sites excluding steroid dienone is 1. The molecule has 1 aliphatic rings. The van der Waals surface area contributed by atoms with Crippen LogP contribution in [0.4, 0.5) is 0 Å². The SMILES string of the molecule is C=C[C@@H]1CC[C@@H](C(C)=O)[C@]1(CCC(=O)OC)c1ccc(Br)cc1. The van der Waals surface area contributed by atoms with E-state index in [1.807, 2.05) is 18.2 Å². The van der Waals surface area contributed by atoms with E-state index in [1.54, 1.807) is 6.92 Å². The molecule has 4 heteroatoms. The lowest BCUT2D eigenvalue weighted by Crippen LogP contribution is -2.40. The average molecular weight is 379 g/mol. The van der Waals surface area contributed by atoms with Crippen LogP contribution in [0.5, 0.6) is 0 Å². The minimum Gasteiger partial charge on any atom is -0.469 e. The van der Waals surface area contributed by atoms with Crippen LogP contribution in [0.15, 0.2) is 41.4 Å². The molecule has 124 valence electrons. The van der Waals surface area contributed by atoms with Gasteiger partial charge in [-0.05, 0) is 49.8 Å². The Kier molecular flexibility index (Phi) is 5.79. The van der Waals surface area contributed by atoms with Crippen molar-refractivity contribution in [3.05, 3.63) is 47.0 Å². The van der Waals surface area contributed by atoms with Crippen LogP contribution in [0.1, 0.15) is 38.2 Å². The zero-order chi connectivity index (χ0) is 17.0. The highest BCUT2D eigenvalue weighted by molar-refractivity contribution is 9.10. The van der Waals surface area contributed by atoms with Crippen molar-refractivity contribution >= 4 is 27.7 Å². The smallest absolute Gasteiger partial charge is 0.305 e. The minimum atomic E-state index is -0.373. The first-order valence-electron chi connectivity index (χ1n) is 7.91. The Hall–Kier alpha value is -1.42. The molecule has 0 aliphatic heterocycles. The lowest BCUT2D eigenvalue weighted by molar-refractivity contribution is -0.141. The zero-order valence-electron chi connectivity index (χ0n) is 13.7. The maximum absolute atomic E-state index is 12.3. The molecule has 0 spiro atoms. The van der Waals surface area contributed by atoms with E-state index in [2.05, 4.69) is 34.6 Å². The Balaban J connectivity index is 2.51. The van der Waals surface area contributed by atoms with Crippen LogP contribution < -0.4 is 0 Å². The fourth-order valence-electron chi connectivity index (χ4n) is 4.10. The van der Waals surface area contributed by atoms with Crippen LogP contribution in [-0.4, -0.2) is 18.9 Å². The highest BCUT2D eigenvalue weighted by Gasteiger charge is 2.51. The molecule has 0 N–H and O–H groups in total. The van der Waals surface area contributed by atoms with E-state index in [-0.39, 0.29) is 29.0 Å². The third-order valence-corrected chi connectivity index (χ3v) is 5.71. The van der Waals surface area contributed by atoms with Crippen molar-refractivity contribution in [3.63, 3.8) is 0 Å². The largest absolute Gasteiger partial charge is 0.469 e. The van der Waals surface area contributed by atoms with E-state index in [0.29, 0.717) is 12.8 Å². The summed E-state index contributed by atoms with van der Waals surface area (Å²) < 4.78 is 5.81. The van der Waals surface area contributed by atoms with Crippen LogP contribution >= 0.6 is 15.9 Å². The van der Waals surface area contributed by atoms with Crippen LogP contribution in [0.25, 0.3) is 0 Å². The van der Waals surface area contributed by atoms with Gasteiger partial charge in [0.25, 0.3) is 0 Å². The molecule has 1 aromatic rings. The maximum Gasteiger partial charge on any atom is 0.305 e. The van der Waals surface area contributed by atoms with Crippen molar-refractivity contribution in [2.75, 3.05) is 7.11 Å². The first-order chi connectivity index (χ1) is 11.0. The summed E-state index contributed by atoms with van der Waals surface area (Å²) in [6, 6.07) is 8.09. The Labute approximate surface area is 146 Å². The summed E-state index contributed by atoms with van der Waals surface area (Å²) in [5.74, 6) is 0.0409. The number of Topliss-reactive ketones (excluding diaryl/α,β-unsaturated/α-hetero) is 1. The summed E-state index contributed by atoms with van der Waals surface area (Å²) in [6.45, 7) is 5.64. The predicted molar refractivity (Wildman–Crippen MR) is 94.2 cm³/mol. The Bertz CT molecular complexity index is 593. The molecule has 1 aromatic carbocycles. The molecule has 0 radical (unpaired) electrons. The second kappa shape index (κ2) is 7.43. The van der Waals surface area contributed by atoms with Crippen LogP contribution in [0.2, 0.25) is 0 Å². The molecular formula is C19H23BrO3. The summed E-state index contributed by atoms with van der Waals surface area (Å²) in [5, 5.41) is 0. The predicted octanol–water partition coefficient (Wildman–Crippen LogP) is 4.44. The van der Waals surface area contributed by atoms with Crippen molar-refractivity contribution in [2.24, 2.45) is 11.8 Å². The number of hydrogen-bond donors (Lipinski definition) is 0. The molecule has 0 heterocycles. The van der Waals surface area contributed by atoms with Gasteiger partial charge in [-0.25, -0.2) is 0 Å². The summed E-state index contributed by atoms with van der Waals surface area (Å²) in [7, 11) is 1.40. The van der Waals surface area contributed by atoms with Crippen molar-refractivity contribution in [1.29, 1.82) is 0 Å². The van der Waals surface area contributed by atoms with Gasteiger partial charge in [-0.3, -0.25) is 9.59 Å². The standard InChI is InChI=1S/C19H23BrO3/c1-4-14-7-10-17(13(2)21)19(14,12-11-18(22)23-3)15-5-8-16(20)9-6-15/h4-6,8-9,14,17H,1,7,10-12H2,2-3H3/t14-,17+,19+/m1/s1. The first-order valence-corrected chi connectivity index (χ1v) is 8.71. The number of carbonyl (C=O) groups excluding carboxylic acids is 2. The number of ether oxygens (including phenoxy) is 1. The monoisotopic (exact) mass is 378 g/mol. The molecular weight excluding hydrogens is 356 g/mol. The number of carbonyl (C=O) groups is 2. The lowest BCUT2D eigenvalue weighted by atomic mass is 9.63. The Morgan fingerprint density at radius 1 is 1.35 bits per heavy atom. The van der Waals surface area contributed by atoms with Gasteiger partial charge in [0.1, 0.15) is 5.78 Å². The van der Waals surface area contributed by atoms with E-state index in [1.165, 1.54) is 7.11 Å². The highest BCUT2D eigenvalue weighted by Crippen LogP contribution is 2.53. The molecule has 0 unspecified atom stereocenters. The van der Waals surface area contributed by atoms with E-state index < -0.39 is 0 Å². The quantitative estimate of drug-likeness (QED) is 0.542. The summed E-state index contributed by atoms with van der Waals surface area (Å²) in [5.41, 5.74) is 0.731. The Morgan fingerprint density at radius 2 is 2.00 bits per heavy atom. The number of benzene rings is 1. The zero-order valence-corrected chi connectivity index (χ0v) is 15.3. The van der Waals surface area contributed by atoms with Crippen molar-refractivity contribution < 1.29 is 14.3 Å². The Morgan fingerprint density at radius 3 is 2.52 bits per heavy atom. The van der Waals surface area contributed by atoms with E-state index in [4.69, 9.17) is 4.74 Å². The molecule has 3 atom stereocenters. The third-order valence-electron chi connectivity index (χ3n) is 5.18. The lowest BCUT2D eigenvalue weighted by Gasteiger charge is -2.39. The van der Waals surface area contributed by atoms with Gasteiger partial charge in [0, 0.05) is 22.2 Å². The molecule has 0 saturated heterocycles. The van der Waals surface area contributed by atoms with Gasteiger partial charge in [-0.15, -0.1) is 6.58 Å². The molecule has 1 saturated carbocycles. The van der Waals surface area contributed by atoms with E-state index in [0.717, 1.165) is 22.9 Å². The second-order valence-corrected chi connectivity index (χ2v) is 7.12. The van der Waals surface area contributed by atoms with Crippen molar-refractivity contribution in [2.45, 2.75) is 38.0 Å². The van der Waals surface area contributed by atoms with Crippen molar-refractivity contribution in [3.8, 4) is 0 Å². The normalized spacial score (nSPS) is 26.7. The number of ketones is 1. The fourth-order valence-corrected chi connectivity index (χ4v) is 4.37. The van der Waals surface area contributed by atoms with Gasteiger partial charge in [-0.1, -0.05) is 34.1 Å². The topological polar surface area (TPSA) is 43.4 Å². The summed E-state index contributed by atoms with van der Waals surface area (Å²) in [4.78, 5) is 24.0. The number of halogens is 1. The molecule has 0 bridgehead atoms. The van der Waals surface area contributed by atoms with Crippen molar-refractivity contribution in [1.82, 2.24) is 0 Å². The maximum atomic E-state index is 12.3. The molecule has 0 amide bonds. The average Bonchev–Trinajstić information content (AvgIpc) is 2.92.